The second-order valence-electron chi connectivity index (χ2n) is 6.41. The van der Waals surface area contributed by atoms with Gasteiger partial charge in [-0.05, 0) is 56.4 Å². The predicted molar refractivity (Wildman–Crippen MR) is 79.7 cm³/mol. The number of rotatable bonds is 2. The van der Waals surface area contributed by atoms with Crippen LogP contribution in [0.4, 0.5) is 0 Å². The van der Waals surface area contributed by atoms with Gasteiger partial charge in [0.2, 0.25) is 0 Å². The molecule has 2 aliphatic rings. The van der Waals surface area contributed by atoms with Crippen LogP contribution in [0.15, 0.2) is 24.5 Å². The molecule has 0 aromatic carbocycles. The maximum absolute atomic E-state index is 4.74. The third-order valence-electron chi connectivity index (χ3n) is 4.82. The Bertz CT molecular complexity index is 618. The zero-order valence-corrected chi connectivity index (χ0v) is 12.0. The molecule has 0 spiro atoms. The van der Waals surface area contributed by atoms with Gasteiger partial charge in [0.15, 0.2) is 0 Å². The minimum Gasteiger partial charge on any atom is -0.316 e. The van der Waals surface area contributed by atoms with E-state index < -0.39 is 0 Å². The molecule has 2 atom stereocenters. The van der Waals surface area contributed by atoms with Crippen molar-refractivity contribution in [3.63, 3.8) is 0 Å². The van der Waals surface area contributed by atoms with Crippen LogP contribution in [0.25, 0.3) is 5.65 Å². The summed E-state index contributed by atoms with van der Waals surface area (Å²) in [6, 6.07) is 4.23. The molecule has 2 unspecified atom stereocenters. The Kier molecular flexibility index (Phi) is 3.00. The molecule has 2 aromatic heterocycles. The normalized spacial score (nSPS) is 27.1. The fourth-order valence-corrected chi connectivity index (χ4v) is 3.71. The second kappa shape index (κ2) is 4.86. The van der Waals surface area contributed by atoms with Crippen LogP contribution in [-0.4, -0.2) is 40.5 Å². The molecule has 2 fully saturated rings. The molecule has 4 heteroatoms. The zero-order chi connectivity index (χ0) is 13.5. The minimum absolute atomic E-state index is 0.850. The molecule has 0 amide bonds. The number of piperidine rings is 1. The first kappa shape index (κ1) is 12.4. The summed E-state index contributed by atoms with van der Waals surface area (Å²) < 4.78 is 2.15. The van der Waals surface area contributed by atoms with E-state index in [4.69, 9.17) is 4.98 Å². The highest BCUT2D eigenvalue weighted by molar-refractivity contribution is 5.41. The van der Waals surface area contributed by atoms with E-state index in [2.05, 4.69) is 46.1 Å². The van der Waals surface area contributed by atoms with E-state index >= 15 is 0 Å². The van der Waals surface area contributed by atoms with Crippen molar-refractivity contribution in [2.45, 2.75) is 19.9 Å². The highest BCUT2D eigenvalue weighted by atomic mass is 15.2. The fraction of sp³-hybridized carbons (Fsp3) is 0.562. The van der Waals surface area contributed by atoms with Gasteiger partial charge in [0.25, 0.3) is 0 Å². The third kappa shape index (κ3) is 2.23. The number of fused-ring (bicyclic) bond motifs is 2. The molecular formula is C16H22N4. The number of hydrogen-bond donors (Lipinski definition) is 1. The summed E-state index contributed by atoms with van der Waals surface area (Å²) in [5.74, 6) is 1.76. The lowest BCUT2D eigenvalue weighted by molar-refractivity contribution is 0.141. The first-order valence-electron chi connectivity index (χ1n) is 7.65. The number of pyridine rings is 1. The molecule has 0 saturated carbocycles. The second-order valence-corrected chi connectivity index (χ2v) is 6.41. The summed E-state index contributed by atoms with van der Waals surface area (Å²) >= 11 is 0. The molecule has 0 aliphatic carbocycles. The molecule has 4 rings (SSSR count). The Balaban J connectivity index is 1.49. The summed E-state index contributed by atoms with van der Waals surface area (Å²) in [6.07, 6.45) is 5.67. The fourth-order valence-electron chi connectivity index (χ4n) is 3.71. The van der Waals surface area contributed by atoms with Gasteiger partial charge in [-0.2, -0.15) is 0 Å². The van der Waals surface area contributed by atoms with Gasteiger partial charge in [0, 0.05) is 25.5 Å². The average molecular weight is 270 g/mol. The molecule has 106 valence electrons. The number of imidazole rings is 1. The summed E-state index contributed by atoms with van der Waals surface area (Å²) in [6.45, 7) is 7.99. The summed E-state index contributed by atoms with van der Waals surface area (Å²) in [7, 11) is 0. The largest absolute Gasteiger partial charge is 0.316 e. The molecule has 0 bridgehead atoms. The molecule has 20 heavy (non-hydrogen) atoms. The third-order valence-corrected chi connectivity index (χ3v) is 4.82. The van der Waals surface area contributed by atoms with Crippen molar-refractivity contribution < 1.29 is 0 Å². The highest BCUT2D eigenvalue weighted by Crippen LogP contribution is 2.27. The Morgan fingerprint density at radius 3 is 3.10 bits per heavy atom. The van der Waals surface area contributed by atoms with E-state index in [-0.39, 0.29) is 0 Å². The van der Waals surface area contributed by atoms with Crippen molar-refractivity contribution >= 4 is 5.65 Å². The standard InChI is InChI=1S/C16H22N4/c1-12-2-3-16-18-15(11-20(16)8-12)10-19-5-4-13-6-17-7-14(13)9-19/h2-3,8,11,13-14,17H,4-7,9-10H2,1H3. The van der Waals surface area contributed by atoms with E-state index in [1.54, 1.807) is 0 Å². The van der Waals surface area contributed by atoms with Crippen molar-refractivity contribution in [2.24, 2.45) is 11.8 Å². The van der Waals surface area contributed by atoms with Crippen molar-refractivity contribution in [3.8, 4) is 0 Å². The topological polar surface area (TPSA) is 32.6 Å². The van der Waals surface area contributed by atoms with Gasteiger partial charge in [-0.15, -0.1) is 0 Å². The quantitative estimate of drug-likeness (QED) is 0.901. The summed E-state index contributed by atoms with van der Waals surface area (Å²) in [4.78, 5) is 7.31. The van der Waals surface area contributed by atoms with Crippen molar-refractivity contribution in [2.75, 3.05) is 26.2 Å². The number of hydrogen-bond acceptors (Lipinski definition) is 3. The van der Waals surface area contributed by atoms with Crippen LogP contribution in [-0.2, 0) is 6.54 Å². The van der Waals surface area contributed by atoms with E-state index in [1.165, 1.54) is 43.9 Å². The van der Waals surface area contributed by atoms with Gasteiger partial charge in [0.1, 0.15) is 5.65 Å². The van der Waals surface area contributed by atoms with Crippen LogP contribution in [0.3, 0.4) is 0 Å². The first-order chi connectivity index (χ1) is 9.78. The molecule has 2 saturated heterocycles. The average Bonchev–Trinajstić information content (AvgIpc) is 3.03. The van der Waals surface area contributed by atoms with Crippen molar-refractivity contribution in [1.82, 2.24) is 19.6 Å². The Hall–Kier alpha value is -1.39. The summed E-state index contributed by atoms with van der Waals surface area (Å²) in [5, 5.41) is 3.53. The van der Waals surface area contributed by atoms with Crippen LogP contribution in [0, 0.1) is 18.8 Å². The van der Waals surface area contributed by atoms with Crippen LogP contribution < -0.4 is 5.32 Å². The number of likely N-dealkylation sites (tertiary alicyclic amines) is 1. The van der Waals surface area contributed by atoms with E-state index in [1.807, 2.05) is 0 Å². The molecule has 4 heterocycles. The van der Waals surface area contributed by atoms with E-state index in [0.29, 0.717) is 0 Å². The maximum Gasteiger partial charge on any atom is 0.137 e. The molecule has 2 aliphatic heterocycles. The number of aromatic nitrogens is 2. The van der Waals surface area contributed by atoms with E-state index in [0.717, 1.165) is 24.0 Å². The highest BCUT2D eigenvalue weighted by Gasteiger charge is 2.32. The number of nitrogens with zero attached hydrogens (tertiary/aromatic N) is 3. The molecule has 1 N–H and O–H groups in total. The number of aryl methyl sites for hydroxylation is 1. The molecule has 4 nitrogen and oxygen atoms in total. The lowest BCUT2D eigenvalue weighted by Gasteiger charge is -2.33. The van der Waals surface area contributed by atoms with Crippen LogP contribution >= 0.6 is 0 Å². The Labute approximate surface area is 119 Å². The van der Waals surface area contributed by atoms with Crippen molar-refractivity contribution in [3.05, 3.63) is 35.8 Å². The molecule has 0 radical (unpaired) electrons. The van der Waals surface area contributed by atoms with Gasteiger partial charge in [-0.1, -0.05) is 6.07 Å². The smallest absolute Gasteiger partial charge is 0.137 e. The van der Waals surface area contributed by atoms with Crippen LogP contribution in [0.5, 0.6) is 0 Å². The Morgan fingerprint density at radius 2 is 2.15 bits per heavy atom. The van der Waals surface area contributed by atoms with Gasteiger partial charge < -0.3 is 9.72 Å². The van der Waals surface area contributed by atoms with Gasteiger partial charge >= 0.3 is 0 Å². The molecular weight excluding hydrogens is 248 g/mol. The minimum atomic E-state index is 0.850. The zero-order valence-electron chi connectivity index (χ0n) is 12.0. The maximum atomic E-state index is 4.74. The molecule has 2 aromatic rings. The monoisotopic (exact) mass is 270 g/mol. The van der Waals surface area contributed by atoms with Crippen molar-refractivity contribution in [1.29, 1.82) is 0 Å². The van der Waals surface area contributed by atoms with E-state index in [9.17, 15) is 0 Å². The lowest BCUT2D eigenvalue weighted by Crippen LogP contribution is -2.39. The van der Waals surface area contributed by atoms with Gasteiger partial charge in [-0.3, -0.25) is 4.90 Å². The summed E-state index contributed by atoms with van der Waals surface area (Å²) in [5.41, 5.74) is 3.53. The van der Waals surface area contributed by atoms with Gasteiger partial charge in [-0.25, -0.2) is 4.98 Å². The van der Waals surface area contributed by atoms with Crippen LogP contribution in [0.2, 0.25) is 0 Å². The lowest BCUT2D eigenvalue weighted by atomic mass is 9.89. The van der Waals surface area contributed by atoms with Crippen LogP contribution in [0.1, 0.15) is 17.7 Å². The SMILES string of the molecule is Cc1ccc2nc(CN3CCC4CNCC4C3)cn2c1. The number of nitrogens with one attached hydrogen (secondary N) is 1. The van der Waals surface area contributed by atoms with Gasteiger partial charge in [0.05, 0.1) is 5.69 Å². The predicted octanol–water partition coefficient (Wildman–Crippen LogP) is 1.68. The Morgan fingerprint density at radius 1 is 1.25 bits per heavy atom. The first-order valence-corrected chi connectivity index (χ1v) is 7.65.